The van der Waals surface area contributed by atoms with Crippen molar-refractivity contribution in [3.05, 3.63) is 76.7 Å². The van der Waals surface area contributed by atoms with Gasteiger partial charge in [0.2, 0.25) is 5.91 Å². The van der Waals surface area contributed by atoms with E-state index in [2.05, 4.69) is 6.07 Å². The molecule has 0 spiro atoms. The molecule has 4 nitrogen and oxygen atoms in total. The Morgan fingerprint density at radius 3 is 2.71 bits per heavy atom. The highest BCUT2D eigenvalue weighted by Crippen LogP contribution is 2.26. The number of nitrogens with zero attached hydrogens (tertiary/aromatic N) is 2. The fourth-order valence-electron chi connectivity index (χ4n) is 3.38. The Labute approximate surface area is 140 Å². The molecule has 0 fully saturated rings. The van der Waals surface area contributed by atoms with Gasteiger partial charge in [-0.25, -0.2) is 0 Å². The van der Waals surface area contributed by atoms with Gasteiger partial charge >= 0.3 is 0 Å². The van der Waals surface area contributed by atoms with E-state index in [1.54, 1.807) is 17.2 Å². The molecule has 0 bridgehead atoms. The highest BCUT2D eigenvalue weighted by molar-refractivity contribution is 5.94. The average Bonchev–Trinajstić information content (AvgIpc) is 2.63. The van der Waals surface area contributed by atoms with Gasteiger partial charge in [0, 0.05) is 23.8 Å². The number of fused-ring (bicyclic) bond motifs is 2. The lowest BCUT2D eigenvalue weighted by atomic mass is 10.0. The lowest BCUT2D eigenvalue weighted by Gasteiger charge is -2.29. The minimum atomic E-state index is -0.119. The van der Waals surface area contributed by atoms with Gasteiger partial charge in [-0.15, -0.1) is 0 Å². The van der Waals surface area contributed by atoms with Gasteiger partial charge in [0.1, 0.15) is 6.54 Å². The molecule has 120 valence electrons. The van der Waals surface area contributed by atoms with Crippen molar-refractivity contribution in [1.29, 1.82) is 0 Å². The molecule has 1 aliphatic rings. The molecule has 0 N–H and O–H groups in total. The molecule has 0 atom stereocenters. The van der Waals surface area contributed by atoms with E-state index < -0.39 is 0 Å². The number of hydrogen-bond donors (Lipinski definition) is 0. The molecule has 3 aromatic rings. The molecule has 4 heteroatoms. The first-order valence-electron chi connectivity index (χ1n) is 8.20. The van der Waals surface area contributed by atoms with Crippen molar-refractivity contribution < 1.29 is 4.79 Å². The lowest BCUT2D eigenvalue weighted by Crippen LogP contribution is -2.39. The summed E-state index contributed by atoms with van der Waals surface area (Å²) in [6.07, 6.45) is 3.66. The number of aromatic nitrogens is 1. The van der Waals surface area contributed by atoms with E-state index in [0.29, 0.717) is 11.9 Å². The summed E-state index contributed by atoms with van der Waals surface area (Å²) in [4.78, 5) is 27.2. The van der Waals surface area contributed by atoms with Crippen molar-refractivity contribution in [2.45, 2.75) is 19.4 Å². The van der Waals surface area contributed by atoms with Crippen LogP contribution in [0.3, 0.4) is 0 Å². The maximum atomic E-state index is 12.8. The zero-order chi connectivity index (χ0) is 16.5. The van der Waals surface area contributed by atoms with Crippen molar-refractivity contribution in [3.63, 3.8) is 0 Å². The van der Waals surface area contributed by atoms with Crippen molar-refractivity contribution in [1.82, 2.24) is 4.57 Å². The lowest BCUT2D eigenvalue weighted by molar-refractivity contribution is -0.119. The van der Waals surface area contributed by atoms with Crippen molar-refractivity contribution in [2.24, 2.45) is 0 Å². The molecule has 24 heavy (non-hydrogen) atoms. The second kappa shape index (κ2) is 5.96. The van der Waals surface area contributed by atoms with Crippen LogP contribution < -0.4 is 10.5 Å². The number of pyridine rings is 1. The topological polar surface area (TPSA) is 42.3 Å². The van der Waals surface area contributed by atoms with Crippen LogP contribution in [0.5, 0.6) is 0 Å². The van der Waals surface area contributed by atoms with Crippen molar-refractivity contribution in [2.75, 3.05) is 11.4 Å². The minimum absolute atomic E-state index is 0.0421. The third kappa shape index (κ3) is 2.50. The van der Waals surface area contributed by atoms with Crippen LogP contribution in [0.2, 0.25) is 0 Å². The van der Waals surface area contributed by atoms with Crippen LogP contribution in [-0.2, 0) is 17.8 Å². The second-order valence-electron chi connectivity index (χ2n) is 6.11. The standard InChI is InChI=1S/C20H18N2O2/c23-19(22-12-5-8-16-7-2-4-10-18(16)22)14-21-13-11-15-6-1-3-9-17(15)20(21)24/h1-4,6-7,9-11,13H,5,8,12,14H2. The van der Waals surface area contributed by atoms with E-state index in [-0.39, 0.29) is 18.0 Å². The van der Waals surface area contributed by atoms with E-state index >= 15 is 0 Å². The summed E-state index contributed by atoms with van der Waals surface area (Å²) in [6, 6.07) is 17.3. The third-order valence-electron chi connectivity index (χ3n) is 4.60. The summed E-state index contributed by atoms with van der Waals surface area (Å²) in [5.41, 5.74) is 2.05. The monoisotopic (exact) mass is 318 g/mol. The van der Waals surface area contributed by atoms with Gasteiger partial charge in [0.05, 0.1) is 0 Å². The van der Waals surface area contributed by atoms with Crippen molar-refractivity contribution in [3.8, 4) is 0 Å². The van der Waals surface area contributed by atoms with Gasteiger partial charge in [0.15, 0.2) is 0 Å². The predicted octanol–water partition coefficient (Wildman–Crippen LogP) is 2.98. The first kappa shape index (κ1) is 14.7. The highest BCUT2D eigenvalue weighted by Gasteiger charge is 2.22. The van der Waals surface area contributed by atoms with Gasteiger partial charge in [-0.05, 0) is 42.0 Å². The summed E-state index contributed by atoms with van der Waals surface area (Å²) in [5.74, 6) is -0.0421. The Morgan fingerprint density at radius 2 is 1.79 bits per heavy atom. The molecule has 1 aliphatic heterocycles. The number of rotatable bonds is 2. The van der Waals surface area contributed by atoms with E-state index in [0.717, 1.165) is 23.9 Å². The molecule has 1 aromatic heterocycles. The van der Waals surface area contributed by atoms with Gasteiger partial charge < -0.3 is 9.47 Å². The number of carbonyl (C=O) groups excluding carboxylic acids is 1. The number of carbonyl (C=O) groups is 1. The highest BCUT2D eigenvalue weighted by atomic mass is 16.2. The first-order chi connectivity index (χ1) is 11.7. The zero-order valence-corrected chi connectivity index (χ0v) is 13.3. The Balaban J connectivity index is 1.66. The van der Waals surface area contributed by atoms with Crippen LogP contribution in [-0.4, -0.2) is 17.0 Å². The molecule has 2 heterocycles. The molecule has 0 unspecified atom stereocenters. The molecule has 0 saturated carbocycles. The Morgan fingerprint density at radius 1 is 1.00 bits per heavy atom. The molecule has 0 aliphatic carbocycles. The van der Waals surface area contributed by atoms with Crippen LogP contribution in [0, 0.1) is 0 Å². The zero-order valence-electron chi connectivity index (χ0n) is 13.3. The van der Waals surface area contributed by atoms with Gasteiger partial charge in [-0.2, -0.15) is 0 Å². The number of para-hydroxylation sites is 1. The van der Waals surface area contributed by atoms with E-state index in [9.17, 15) is 9.59 Å². The van der Waals surface area contributed by atoms with Gasteiger partial charge in [-0.1, -0.05) is 36.4 Å². The maximum Gasteiger partial charge on any atom is 0.258 e. The first-order valence-corrected chi connectivity index (χ1v) is 8.20. The Kier molecular flexibility index (Phi) is 3.65. The maximum absolute atomic E-state index is 12.8. The molecular weight excluding hydrogens is 300 g/mol. The largest absolute Gasteiger partial charge is 0.311 e. The van der Waals surface area contributed by atoms with Crippen LogP contribution >= 0.6 is 0 Å². The number of benzene rings is 2. The molecule has 1 amide bonds. The predicted molar refractivity (Wildman–Crippen MR) is 95.3 cm³/mol. The third-order valence-corrected chi connectivity index (χ3v) is 4.60. The molecule has 4 rings (SSSR count). The quantitative estimate of drug-likeness (QED) is 0.729. The SMILES string of the molecule is O=C(Cn1ccc2ccccc2c1=O)N1CCCc2ccccc21. The number of hydrogen-bond acceptors (Lipinski definition) is 2. The average molecular weight is 318 g/mol. The number of anilines is 1. The molecular formula is C20H18N2O2. The fraction of sp³-hybridized carbons (Fsp3) is 0.200. The summed E-state index contributed by atoms with van der Waals surface area (Å²) in [7, 11) is 0. The molecule has 2 aromatic carbocycles. The van der Waals surface area contributed by atoms with Crippen LogP contribution in [0.15, 0.2) is 65.6 Å². The Hall–Kier alpha value is -2.88. The van der Waals surface area contributed by atoms with Crippen LogP contribution in [0.1, 0.15) is 12.0 Å². The van der Waals surface area contributed by atoms with E-state index in [1.807, 2.05) is 42.5 Å². The van der Waals surface area contributed by atoms with Crippen molar-refractivity contribution >= 4 is 22.4 Å². The smallest absolute Gasteiger partial charge is 0.258 e. The summed E-state index contributed by atoms with van der Waals surface area (Å²) in [6.45, 7) is 0.774. The second-order valence-corrected chi connectivity index (χ2v) is 6.11. The Bertz CT molecular complexity index is 975. The molecule has 0 radical (unpaired) electrons. The van der Waals surface area contributed by atoms with E-state index in [4.69, 9.17) is 0 Å². The fourth-order valence-corrected chi connectivity index (χ4v) is 3.38. The summed E-state index contributed by atoms with van der Waals surface area (Å²) >= 11 is 0. The van der Waals surface area contributed by atoms with Crippen LogP contribution in [0.25, 0.3) is 10.8 Å². The van der Waals surface area contributed by atoms with Gasteiger partial charge in [-0.3, -0.25) is 9.59 Å². The van der Waals surface area contributed by atoms with Crippen LogP contribution in [0.4, 0.5) is 5.69 Å². The van der Waals surface area contributed by atoms with E-state index in [1.165, 1.54) is 10.1 Å². The normalized spacial score (nSPS) is 13.8. The van der Waals surface area contributed by atoms with Gasteiger partial charge in [0.25, 0.3) is 5.56 Å². The number of aryl methyl sites for hydroxylation is 1. The summed E-state index contributed by atoms with van der Waals surface area (Å²) < 4.78 is 1.50. The number of amides is 1. The summed E-state index contributed by atoms with van der Waals surface area (Å²) in [5, 5.41) is 1.54. The minimum Gasteiger partial charge on any atom is -0.311 e. The molecule has 0 saturated heterocycles.